The monoisotopic (exact) mass is 247 g/mol. The molecule has 1 aliphatic rings. The molecule has 2 N–H and O–H groups in total. The van der Waals surface area contributed by atoms with Crippen molar-refractivity contribution >= 4 is 11.6 Å². The summed E-state index contributed by atoms with van der Waals surface area (Å²) in [4.78, 5) is 14.4. The standard InChI is InChI=1S/C14H21N3O/c1-3-11-6-4-5-7-12(11)16-14(18)13-10-17(2)9-8-15-13/h4-7,13,15H,3,8-10H2,1-2H3,(H,16,18). The summed E-state index contributed by atoms with van der Waals surface area (Å²) in [6.45, 7) is 4.72. The Kier molecular flexibility index (Phi) is 4.33. The van der Waals surface area contributed by atoms with Gasteiger partial charge in [-0.25, -0.2) is 0 Å². The number of rotatable bonds is 3. The minimum absolute atomic E-state index is 0.0578. The second kappa shape index (κ2) is 5.98. The number of piperazine rings is 1. The van der Waals surface area contributed by atoms with Crippen LogP contribution < -0.4 is 10.6 Å². The van der Waals surface area contributed by atoms with E-state index in [1.165, 1.54) is 5.56 Å². The first-order valence-corrected chi connectivity index (χ1v) is 6.51. The van der Waals surface area contributed by atoms with Crippen LogP contribution in [0.15, 0.2) is 24.3 Å². The third-order valence-corrected chi connectivity index (χ3v) is 3.35. The largest absolute Gasteiger partial charge is 0.324 e. The van der Waals surface area contributed by atoms with Gasteiger partial charge in [0.05, 0.1) is 6.04 Å². The predicted octanol–water partition coefficient (Wildman–Crippen LogP) is 1.09. The lowest BCUT2D eigenvalue weighted by atomic mass is 10.1. The van der Waals surface area contributed by atoms with E-state index in [1.54, 1.807) is 0 Å². The van der Waals surface area contributed by atoms with Gasteiger partial charge in [-0.3, -0.25) is 4.79 Å². The third-order valence-electron chi connectivity index (χ3n) is 3.35. The van der Waals surface area contributed by atoms with Gasteiger partial charge >= 0.3 is 0 Å². The zero-order chi connectivity index (χ0) is 13.0. The first-order valence-electron chi connectivity index (χ1n) is 6.51. The number of nitrogens with zero attached hydrogens (tertiary/aromatic N) is 1. The Balaban J connectivity index is 2.02. The molecule has 0 bridgehead atoms. The van der Waals surface area contributed by atoms with Gasteiger partial charge in [0, 0.05) is 25.3 Å². The molecule has 1 fully saturated rings. The molecule has 0 aromatic heterocycles. The summed E-state index contributed by atoms with van der Waals surface area (Å²) in [5.41, 5.74) is 2.11. The van der Waals surface area contributed by atoms with Gasteiger partial charge in [0.1, 0.15) is 0 Å². The SMILES string of the molecule is CCc1ccccc1NC(=O)C1CN(C)CCN1. The van der Waals surface area contributed by atoms with E-state index in [1.807, 2.05) is 25.2 Å². The molecule has 4 nitrogen and oxygen atoms in total. The van der Waals surface area contributed by atoms with Crippen LogP contribution in [0.25, 0.3) is 0 Å². The number of amides is 1. The molecule has 1 aliphatic heterocycles. The maximum absolute atomic E-state index is 12.2. The van der Waals surface area contributed by atoms with Gasteiger partial charge in [-0.2, -0.15) is 0 Å². The van der Waals surface area contributed by atoms with E-state index >= 15 is 0 Å². The molecule has 0 saturated carbocycles. The van der Waals surface area contributed by atoms with Crippen molar-refractivity contribution in [2.75, 3.05) is 32.0 Å². The number of hydrogen-bond donors (Lipinski definition) is 2. The molecular formula is C14H21N3O. The van der Waals surface area contributed by atoms with Crippen LogP contribution in [0.4, 0.5) is 5.69 Å². The summed E-state index contributed by atoms with van der Waals surface area (Å²) >= 11 is 0. The van der Waals surface area contributed by atoms with Gasteiger partial charge in [-0.1, -0.05) is 25.1 Å². The summed E-state index contributed by atoms with van der Waals surface area (Å²) in [5, 5.41) is 6.28. The highest BCUT2D eigenvalue weighted by Crippen LogP contribution is 2.15. The molecule has 0 aliphatic carbocycles. The van der Waals surface area contributed by atoms with Crippen molar-refractivity contribution in [2.24, 2.45) is 0 Å². The summed E-state index contributed by atoms with van der Waals surface area (Å²) in [5.74, 6) is 0.0578. The van der Waals surface area contributed by atoms with Crippen molar-refractivity contribution in [3.8, 4) is 0 Å². The van der Waals surface area contributed by atoms with Crippen molar-refractivity contribution < 1.29 is 4.79 Å². The topological polar surface area (TPSA) is 44.4 Å². The van der Waals surface area contributed by atoms with Gasteiger partial charge in [-0.15, -0.1) is 0 Å². The van der Waals surface area contributed by atoms with Crippen LogP contribution in [0.5, 0.6) is 0 Å². The fourth-order valence-corrected chi connectivity index (χ4v) is 2.24. The minimum atomic E-state index is -0.117. The first kappa shape index (κ1) is 13.1. The Bertz CT molecular complexity index is 419. The molecule has 1 saturated heterocycles. The average Bonchev–Trinajstić information content (AvgIpc) is 2.39. The summed E-state index contributed by atoms with van der Waals surface area (Å²) < 4.78 is 0. The molecule has 1 amide bonds. The van der Waals surface area contributed by atoms with Crippen molar-refractivity contribution in [1.29, 1.82) is 0 Å². The predicted molar refractivity (Wildman–Crippen MR) is 73.7 cm³/mol. The molecule has 98 valence electrons. The van der Waals surface area contributed by atoms with Crippen LogP contribution in [-0.4, -0.2) is 43.5 Å². The van der Waals surface area contributed by atoms with Crippen LogP contribution in [0.1, 0.15) is 12.5 Å². The Morgan fingerprint density at radius 2 is 2.28 bits per heavy atom. The highest BCUT2D eigenvalue weighted by Gasteiger charge is 2.23. The number of hydrogen-bond acceptors (Lipinski definition) is 3. The lowest BCUT2D eigenvalue weighted by Gasteiger charge is -2.30. The van der Waals surface area contributed by atoms with Crippen LogP contribution >= 0.6 is 0 Å². The normalized spacial score (nSPS) is 20.7. The van der Waals surface area contributed by atoms with Gasteiger partial charge in [-0.05, 0) is 25.1 Å². The number of para-hydroxylation sites is 1. The highest BCUT2D eigenvalue weighted by atomic mass is 16.2. The number of carbonyl (C=O) groups excluding carboxylic acids is 1. The molecular weight excluding hydrogens is 226 g/mol. The average molecular weight is 247 g/mol. The van der Waals surface area contributed by atoms with Crippen LogP contribution in [0.3, 0.4) is 0 Å². The second-order valence-electron chi connectivity index (χ2n) is 4.77. The molecule has 4 heteroatoms. The van der Waals surface area contributed by atoms with E-state index in [-0.39, 0.29) is 11.9 Å². The Hall–Kier alpha value is -1.39. The highest BCUT2D eigenvalue weighted by molar-refractivity contribution is 5.95. The lowest BCUT2D eigenvalue weighted by Crippen LogP contribution is -2.54. The third kappa shape index (κ3) is 3.09. The van der Waals surface area contributed by atoms with E-state index in [9.17, 15) is 4.79 Å². The number of aryl methyl sites for hydroxylation is 1. The Labute approximate surface area is 108 Å². The van der Waals surface area contributed by atoms with Crippen LogP contribution in [-0.2, 0) is 11.2 Å². The van der Waals surface area contributed by atoms with Crippen molar-refractivity contribution in [1.82, 2.24) is 10.2 Å². The van der Waals surface area contributed by atoms with Gasteiger partial charge in [0.15, 0.2) is 0 Å². The molecule has 1 aromatic carbocycles. The summed E-state index contributed by atoms with van der Waals surface area (Å²) in [6.07, 6.45) is 0.925. The van der Waals surface area contributed by atoms with Crippen molar-refractivity contribution in [3.63, 3.8) is 0 Å². The summed E-state index contributed by atoms with van der Waals surface area (Å²) in [7, 11) is 2.04. The van der Waals surface area contributed by atoms with Crippen LogP contribution in [0.2, 0.25) is 0 Å². The minimum Gasteiger partial charge on any atom is -0.324 e. The Morgan fingerprint density at radius 3 is 3.00 bits per heavy atom. The van der Waals surface area contributed by atoms with Gasteiger partial charge < -0.3 is 15.5 Å². The number of carbonyl (C=O) groups is 1. The van der Waals surface area contributed by atoms with E-state index in [0.717, 1.165) is 31.7 Å². The maximum atomic E-state index is 12.2. The lowest BCUT2D eigenvalue weighted by molar-refractivity contribution is -0.119. The molecule has 1 aromatic rings. The first-order chi connectivity index (χ1) is 8.70. The zero-order valence-corrected chi connectivity index (χ0v) is 11.1. The zero-order valence-electron chi connectivity index (χ0n) is 11.1. The fraction of sp³-hybridized carbons (Fsp3) is 0.500. The fourth-order valence-electron chi connectivity index (χ4n) is 2.24. The van der Waals surface area contributed by atoms with Crippen molar-refractivity contribution in [2.45, 2.75) is 19.4 Å². The molecule has 1 heterocycles. The molecule has 2 rings (SSSR count). The molecule has 18 heavy (non-hydrogen) atoms. The number of anilines is 1. The number of benzene rings is 1. The van der Waals surface area contributed by atoms with Crippen molar-refractivity contribution in [3.05, 3.63) is 29.8 Å². The smallest absolute Gasteiger partial charge is 0.242 e. The van der Waals surface area contributed by atoms with E-state index in [0.29, 0.717) is 0 Å². The van der Waals surface area contributed by atoms with E-state index in [2.05, 4.69) is 28.5 Å². The molecule has 0 radical (unpaired) electrons. The second-order valence-corrected chi connectivity index (χ2v) is 4.77. The maximum Gasteiger partial charge on any atom is 0.242 e. The Morgan fingerprint density at radius 1 is 1.50 bits per heavy atom. The number of nitrogens with one attached hydrogen (secondary N) is 2. The summed E-state index contributed by atoms with van der Waals surface area (Å²) in [6, 6.07) is 7.85. The van der Waals surface area contributed by atoms with E-state index < -0.39 is 0 Å². The molecule has 1 atom stereocenters. The van der Waals surface area contributed by atoms with Gasteiger partial charge in [0.25, 0.3) is 0 Å². The quantitative estimate of drug-likeness (QED) is 0.840. The molecule has 0 spiro atoms. The van der Waals surface area contributed by atoms with E-state index in [4.69, 9.17) is 0 Å². The number of likely N-dealkylation sites (N-methyl/N-ethyl adjacent to an activating group) is 1. The van der Waals surface area contributed by atoms with Crippen LogP contribution in [0, 0.1) is 0 Å². The van der Waals surface area contributed by atoms with Gasteiger partial charge in [0.2, 0.25) is 5.91 Å². The molecule has 1 unspecified atom stereocenters.